The van der Waals surface area contributed by atoms with E-state index < -0.39 is 124 Å². The van der Waals surface area contributed by atoms with E-state index in [2.05, 4.69) is 79.9 Å². The maximum atomic E-state index is 13.3. The Labute approximate surface area is 502 Å². The molecule has 486 valence electrons. The number of aliphatic hydroxyl groups is 11. The van der Waals surface area contributed by atoms with Crippen molar-refractivity contribution in [2.75, 3.05) is 26.4 Å². The third-order valence-corrected chi connectivity index (χ3v) is 15.7. The van der Waals surface area contributed by atoms with Gasteiger partial charge in [-0.05, 0) is 77.0 Å². The molecule has 3 aliphatic rings. The Hall–Kier alpha value is -2.77. The molecule has 3 saturated heterocycles. The van der Waals surface area contributed by atoms with Crippen molar-refractivity contribution in [1.82, 2.24) is 5.32 Å². The van der Waals surface area contributed by atoms with E-state index in [-0.39, 0.29) is 18.9 Å². The number of amides is 1. The fraction of sp³-hybridized carbons (Fsp3) is 0.800. The number of ether oxygens (including phenoxy) is 6. The number of unbranched alkanes of at least 4 members (excludes halogenated alkanes) is 21. The zero-order valence-corrected chi connectivity index (χ0v) is 50.9. The van der Waals surface area contributed by atoms with E-state index >= 15 is 0 Å². The van der Waals surface area contributed by atoms with E-state index in [0.717, 1.165) is 64.2 Å². The van der Waals surface area contributed by atoms with Crippen LogP contribution >= 0.6 is 0 Å². The second kappa shape index (κ2) is 47.3. The van der Waals surface area contributed by atoms with Gasteiger partial charge in [0, 0.05) is 6.42 Å². The fourth-order valence-electron chi connectivity index (χ4n) is 10.5. The van der Waals surface area contributed by atoms with Crippen molar-refractivity contribution < 1.29 is 89.4 Å². The van der Waals surface area contributed by atoms with E-state index in [1.807, 2.05) is 6.08 Å². The predicted molar refractivity (Wildman–Crippen MR) is 323 cm³/mol. The SMILES string of the molecule is CC/C=C\C/C=C\C/C=C\CCCCCC(=O)NC(COC1OC(CO)C(OC2OC(CO)C(OC3OC(CO)C(O)C(O)C3O)C(O)C2O)C(O)C1O)C(O)/C=C/CC/C=C/CC/C=C/CCCCCCCCCCCCCCCCCC. The minimum atomic E-state index is -1.99. The maximum absolute atomic E-state index is 13.3. The number of hydrogen-bond donors (Lipinski definition) is 12. The van der Waals surface area contributed by atoms with Crippen molar-refractivity contribution in [2.45, 2.75) is 304 Å². The molecular weight excluding hydrogens is 1080 g/mol. The summed E-state index contributed by atoms with van der Waals surface area (Å²) in [5, 5.41) is 120. The Morgan fingerprint density at radius 1 is 0.440 bits per heavy atom. The molecule has 3 fully saturated rings. The Kier molecular flexibility index (Phi) is 42.5. The van der Waals surface area contributed by atoms with Crippen LogP contribution in [0.15, 0.2) is 72.9 Å². The molecule has 0 bridgehead atoms. The molecule has 0 aliphatic carbocycles. The van der Waals surface area contributed by atoms with E-state index in [9.17, 15) is 61.0 Å². The van der Waals surface area contributed by atoms with Gasteiger partial charge in [0.2, 0.25) is 5.91 Å². The number of carbonyl (C=O) groups is 1. The van der Waals surface area contributed by atoms with Gasteiger partial charge in [0.1, 0.15) is 73.2 Å². The van der Waals surface area contributed by atoms with Gasteiger partial charge >= 0.3 is 0 Å². The van der Waals surface area contributed by atoms with Gasteiger partial charge < -0.3 is 89.9 Å². The van der Waals surface area contributed by atoms with Crippen LogP contribution in [0.2, 0.25) is 0 Å². The quantitative estimate of drug-likeness (QED) is 0.0216. The molecule has 1 amide bonds. The maximum Gasteiger partial charge on any atom is 0.220 e. The predicted octanol–water partition coefficient (Wildman–Crippen LogP) is 6.99. The summed E-state index contributed by atoms with van der Waals surface area (Å²) in [6, 6.07) is -1.01. The number of aliphatic hydroxyl groups excluding tert-OH is 11. The molecule has 0 saturated carbocycles. The summed E-state index contributed by atoms with van der Waals surface area (Å²) >= 11 is 0. The van der Waals surface area contributed by atoms with Gasteiger partial charge in [-0.25, -0.2) is 0 Å². The van der Waals surface area contributed by atoms with Crippen LogP contribution in [-0.4, -0.2) is 193 Å². The lowest BCUT2D eigenvalue weighted by atomic mass is 9.96. The van der Waals surface area contributed by atoms with E-state index in [0.29, 0.717) is 12.8 Å². The average molecular weight is 1200 g/mol. The number of nitrogens with one attached hydrogen (secondary N) is 1. The second-order valence-corrected chi connectivity index (χ2v) is 22.8. The lowest BCUT2D eigenvalue weighted by Gasteiger charge is -2.48. The molecule has 0 radical (unpaired) electrons. The molecule has 3 aliphatic heterocycles. The van der Waals surface area contributed by atoms with Gasteiger partial charge in [0.25, 0.3) is 0 Å². The van der Waals surface area contributed by atoms with Gasteiger partial charge in [0.05, 0.1) is 38.6 Å². The van der Waals surface area contributed by atoms with Crippen LogP contribution in [0.25, 0.3) is 0 Å². The summed E-state index contributed by atoms with van der Waals surface area (Å²) in [5.74, 6) is -0.321. The van der Waals surface area contributed by atoms with Crippen LogP contribution in [-0.2, 0) is 33.2 Å². The first-order chi connectivity index (χ1) is 40.8. The molecule has 0 aromatic carbocycles. The largest absolute Gasteiger partial charge is 0.394 e. The average Bonchev–Trinajstić information content (AvgIpc) is 2.92. The van der Waals surface area contributed by atoms with Gasteiger partial charge in [-0.1, -0.05) is 189 Å². The molecular formula is C65H113NO18. The second-order valence-electron chi connectivity index (χ2n) is 22.8. The van der Waals surface area contributed by atoms with Crippen molar-refractivity contribution in [3.63, 3.8) is 0 Å². The minimum Gasteiger partial charge on any atom is -0.394 e. The smallest absolute Gasteiger partial charge is 0.220 e. The van der Waals surface area contributed by atoms with Crippen LogP contribution in [0.4, 0.5) is 0 Å². The molecule has 3 rings (SSSR count). The Morgan fingerprint density at radius 2 is 0.833 bits per heavy atom. The molecule has 12 N–H and O–H groups in total. The summed E-state index contributed by atoms with van der Waals surface area (Å²) in [6.07, 6.45) is 30.5. The summed E-state index contributed by atoms with van der Waals surface area (Å²) in [7, 11) is 0. The molecule has 84 heavy (non-hydrogen) atoms. The third-order valence-electron chi connectivity index (χ3n) is 15.7. The highest BCUT2D eigenvalue weighted by Crippen LogP contribution is 2.33. The van der Waals surface area contributed by atoms with Crippen LogP contribution in [0, 0.1) is 0 Å². The van der Waals surface area contributed by atoms with Gasteiger partial charge in [-0.15, -0.1) is 0 Å². The topological polar surface area (TPSA) is 307 Å². The van der Waals surface area contributed by atoms with Crippen molar-refractivity contribution in [3.05, 3.63) is 72.9 Å². The highest BCUT2D eigenvalue weighted by Gasteiger charge is 2.53. The molecule has 0 spiro atoms. The number of carbonyl (C=O) groups excluding carboxylic acids is 1. The van der Waals surface area contributed by atoms with Gasteiger partial charge in [-0.2, -0.15) is 0 Å². The number of allylic oxidation sites excluding steroid dienone is 11. The number of rotatable bonds is 47. The molecule has 17 unspecified atom stereocenters. The van der Waals surface area contributed by atoms with E-state index in [4.69, 9.17) is 28.4 Å². The van der Waals surface area contributed by atoms with E-state index in [1.54, 1.807) is 6.08 Å². The van der Waals surface area contributed by atoms with Gasteiger partial charge in [-0.3, -0.25) is 4.79 Å². The van der Waals surface area contributed by atoms with Crippen molar-refractivity contribution in [3.8, 4) is 0 Å². The first-order valence-electron chi connectivity index (χ1n) is 32.2. The monoisotopic (exact) mass is 1200 g/mol. The van der Waals surface area contributed by atoms with Crippen molar-refractivity contribution in [1.29, 1.82) is 0 Å². The zero-order chi connectivity index (χ0) is 61.2. The van der Waals surface area contributed by atoms with Crippen molar-refractivity contribution >= 4 is 5.91 Å². The Balaban J connectivity index is 1.47. The van der Waals surface area contributed by atoms with Gasteiger partial charge in [0.15, 0.2) is 18.9 Å². The minimum absolute atomic E-state index is 0.193. The third kappa shape index (κ3) is 30.0. The lowest BCUT2D eigenvalue weighted by molar-refractivity contribution is -0.379. The zero-order valence-electron chi connectivity index (χ0n) is 50.9. The molecule has 0 aromatic rings. The fourth-order valence-corrected chi connectivity index (χ4v) is 10.5. The Morgan fingerprint density at radius 3 is 1.33 bits per heavy atom. The van der Waals surface area contributed by atoms with Crippen LogP contribution in [0.1, 0.15) is 200 Å². The summed E-state index contributed by atoms with van der Waals surface area (Å²) in [4.78, 5) is 13.3. The summed E-state index contributed by atoms with van der Waals surface area (Å²) in [5.41, 5.74) is 0. The highest BCUT2D eigenvalue weighted by atomic mass is 16.8. The highest BCUT2D eigenvalue weighted by molar-refractivity contribution is 5.76. The molecule has 19 heteroatoms. The first-order valence-corrected chi connectivity index (χ1v) is 32.2. The molecule has 17 atom stereocenters. The normalized spacial score (nSPS) is 29.7. The van der Waals surface area contributed by atoms with Crippen LogP contribution in [0.3, 0.4) is 0 Å². The molecule has 0 aromatic heterocycles. The van der Waals surface area contributed by atoms with Crippen LogP contribution in [0.5, 0.6) is 0 Å². The summed E-state index contributed by atoms with van der Waals surface area (Å²) < 4.78 is 34.2. The molecule has 3 heterocycles. The van der Waals surface area contributed by atoms with Crippen molar-refractivity contribution in [2.24, 2.45) is 0 Å². The Bertz CT molecular complexity index is 1810. The standard InChI is InChI=1S/C65H113NO18/c1-3-5-7-9-11-13-15-17-18-19-20-21-22-23-24-25-26-27-28-29-31-32-34-36-38-40-42-49(70)48(66-53(71)43-41-39-37-35-33-30-16-14-12-10-8-6-4-2)47-79-63-59(77)56(74)61(51(45-68)81-63)84-65-60(78)57(75)62(52(46-69)82-65)83-64-58(76)55(73)54(72)50(44-67)80-64/h6,8,12,14,27-28,30,32-34,40,42,48-52,54-65,67-70,72-78H,3-5,7,9-11,13,15-26,29,31,35-39,41,43-47H2,1-2H3,(H,66,71)/b8-6-,14-12-,28-27+,33-30-,34-32+,42-40+. The summed E-state index contributed by atoms with van der Waals surface area (Å²) in [6.45, 7) is 1.55. The first kappa shape index (κ1) is 75.5. The number of hydrogen-bond acceptors (Lipinski definition) is 18. The molecule has 19 nitrogen and oxygen atoms in total. The lowest BCUT2D eigenvalue weighted by Crippen LogP contribution is -2.66. The van der Waals surface area contributed by atoms with E-state index in [1.165, 1.54) is 103 Å². The van der Waals surface area contributed by atoms with Crippen LogP contribution < -0.4 is 5.32 Å².